The fraction of sp³-hybridized carbons (Fsp3) is 0.414. The van der Waals surface area contributed by atoms with E-state index >= 15 is 4.39 Å². The molecule has 2 aromatic carbocycles. The number of hydrogen-bond donors (Lipinski definition) is 0. The first-order valence-electron chi connectivity index (χ1n) is 13.4. The fourth-order valence-corrected chi connectivity index (χ4v) is 7.41. The van der Waals surface area contributed by atoms with Crippen molar-refractivity contribution in [3.05, 3.63) is 63.0 Å². The molecule has 8 nitrogen and oxygen atoms in total. The van der Waals surface area contributed by atoms with E-state index in [0.29, 0.717) is 59.2 Å². The molecular weight excluding hydrogens is 609 g/mol. The van der Waals surface area contributed by atoms with E-state index in [4.69, 9.17) is 32.7 Å². The number of nitrogens with zero attached hydrogens (tertiary/aromatic N) is 4. The summed E-state index contributed by atoms with van der Waals surface area (Å²) < 4.78 is 41.7. The molecule has 13 heteroatoms. The average molecular weight is 640 g/mol. The first-order chi connectivity index (χ1) is 20.1. The van der Waals surface area contributed by atoms with Crippen LogP contribution < -0.4 is 10.6 Å². The van der Waals surface area contributed by atoms with Crippen molar-refractivity contribution in [1.82, 2.24) is 14.5 Å². The zero-order valence-corrected chi connectivity index (χ0v) is 25.7. The van der Waals surface area contributed by atoms with Gasteiger partial charge in [0, 0.05) is 65.5 Å². The third kappa shape index (κ3) is 5.53. The Bertz CT molecular complexity index is 1620. The van der Waals surface area contributed by atoms with Crippen LogP contribution in [0, 0.1) is 11.6 Å². The Morgan fingerprint density at radius 1 is 1.14 bits per heavy atom. The minimum atomic E-state index is -0.884. The average Bonchev–Trinajstić information content (AvgIpc) is 2.96. The van der Waals surface area contributed by atoms with Crippen LogP contribution in [-0.2, 0) is 14.3 Å². The van der Waals surface area contributed by atoms with Crippen LogP contribution in [0.2, 0.25) is 10.0 Å². The smallest absolute Gasteiger partial charge is 0.350 e. The number of anilines is 1. The normalized spacial score (nSPS) is 20.3. The first kappa shape index (κ1) is 30.7. The summed E-state index contributed by atoms with van der Waals surface area (Å²) in [6.07, 6.45) is 1.29. The SMILES string of the molecule is C=CC(=O)N1C[C@H](C)N(c2nc(=O)n3c4c(c(-c5cc(Cl)c(F)cc5F)c(Cl)cc24)SC[C@@H]3COCCOC)C[C@H]1C. The Hall–Kier alpha value is -2.70. The van der Waals surface area contributed by atoms with Gasteiger partial charge in [-0.25, -0.2) is 13.6 Å². The predicted molar refractivity (Wildman–Crippen MR) is 162 cm³/mol. The molecule has 0 spiro atoms. The van der Waals surface area contributed by atoms with Crippen molar-refractivity contribution in [2.45, 2.75) is 36.9 Å². The van der Waals surface area contributed by atoms with Gasteiger partial charge in [-0.2, -0.15) is 4.98 Å². The lowest BCUT2D eigenvalue weighted by atomic mass is 10.0. The lowest BCUT2D eigenvalue weighted by molar-refractivity contribution is -0.128. The molecule has 0 bridgehead atoms. The number of carbonyl (C=O) groups is 1. The highest BCUT2D eigenvalue weighted by molar-refractivity contribution is 7.99. The van der Waals surface area contributed by atoms with Gasteiger partial charge in [0.2, 0.25) is 5.91 Å². The molecule has 224 valence electrons. The van der Waals surface area contributed by atoms with Crippen molar-refractivity contribution in [2.75, 3.05) is 50.7 Å². The second-order valence-electron chi connectivity index (χ2n) is 10.4. The van der Waals surface area contributed by atoms with Gasteiger partial charge in [0.25, 0.3) is 0 Å². The maximum atomic E-state index is 15.2. The monoisotopic (exact) mass is 638 g/mol. The van der Waals surface area contributed by atoms with E-state index in [1.807, 2.05) is 18.7 Å². The molecule has 1 fully saturated rings. The van der Waals surface area contributed by atoms with Gasteiger partial charge < -0.3 is 19.3 Å². The molecule has 1 amide bonds. The van der Waals surface area contributed by atoms with Crippen LogP contribution in [0.15, 0.2) is 40.5 Å². The fourth-order valence-electron chi connectivity index (χ4n) is 5.57. The second kappa shape index (κ2) is 12.5. The van der Waals surface area contributed by atoms with Crippen molar-refractivity contribution in [3.63, 3.8) is 0 Å². The summed E-state index contributed by atoms with van der Waals surface area (Å²) in [7, 11) is 1.58. The van der Waals surface area contributed by atoms with Crippen molar-refractivity contribution in [2.24, 2.45) is 0 Å². The van der Waals surface area contributed by atoms with Crippen molar-refractivity contribution >= 4 is 57.6 Å². The minimum absolute atomic E-state index is 0.0292. The van der Waals surface area contributed by atoms with Gasteiger partial charge in [-0.15, -0.1) is 11.8 Å². The Morgan fingerprint density at radius 2 is 1.90 bits per heavy atom. The summed E-state index contributed by atoms with van der Waals surface area (Å²) in [5.41, 5.74) is 0.391. The van der Waals surface area contributed by atoms with Crippen LogP contribution in [0.4, 0.5) is 14.6 Å². The number of halogens is 4. The quantitative estimate of drug-likeness (QED) is 0.181. The molecule has 0 N–H and O–H groups in total. The molecule has 3 atom stereocenters. The summed E-state index contributed by atoms with van der Waals surface area (Å²) in [4.78, 5) is 35.1. The number of hydrogen-bond acceptors (Lipinski definition) is 7. The highest BCUT2D eigenvalue weighted by atomic mass is 35.5. The molecule has 0 unspecified atom stereocenters. The van der Waals surface area contributed by atoms with Gasteiger partial charge in [0.05, 0.1) is 41.4 Å². The van der Waals surface area contributed by atoms with Crippen LogP contribution in [-0.4, -0.2) is 78.2 Å². The summed E-state index contributed by atoms with van der Waals surface area (Å²) >= 11 is 14.3. The molecular formula is C29H30Cl2F2N4O4S. The molecule has 0 saturated carbocycles. The highest BCUT2D eigenvalue weighted by Crippen LogP contribution is 2.48. The van der Waals surface area contributed by atoms with Gasteiger partial charge >= 0.3 is 5.69 Å². The van der Waals surface area contributed by atoms with Crippen LogP contribution in [0.3, 0.4) is 0 Å². The third-order valence-corrected chi connectivity index (χ3v) is 9.44. The number of piperazine rings is 1. The zero-order chi connectivity index (χ0) is 30.3. The number of carbonyl (C=O) groups excluding carboxylic acids is 1. The topological polar surface area (TPSA) is 76.9 Å². The number of thioether (sulfide) groups is 1. The molecule has 5 rings (SSSR count). The molecule has 2 aliphatic rings. The highest BCUT2D eigenvalue weighted by Gasteiger charge is 2.36. The number of rotatable bonds is 8. The zero-order valence-electron chi connectivity index (χ0n) is 23.3. The summed E-state index contributed by atoms with van der Waals surface area (Å²) in [6, 6.07) is 2.86. The van der Waals surface area contributed by atoms with E-state index in [-0.39, 0.29) is 46.2 Å². The van der Waals surface area contributed by atoms with Gasteiger partial charge in [0.1, 0.15) is 17.5 Å². The minimum Gasteiger partial charge on any atom is -0.382 e. The van der Waals surface area contributed by atoms with Crippen molar-refractivity contribution in [1.29, 1.82) is 0 Å². The van der Waals surface area contributed by atoms with E-state index in [0.717, 1.165) is 6.07 Å². The van der Waals surface area contributed by atoms with Crippen LogP contribution in [0.1, 0.15) is 19.9 Å². The van der Waals surface area contributed by atoms with Crippen LogP contribution >= 0.6 is 35.0 Å². The number of amides is 1. The number of aromatic nitrogens is 2. The summed E-state index contributed by atoms with van der Waals surface area (Å²) in [5, 5.41) is 0.557. The summed E-state index contributed by atoms with van der Waals surface area (Å²) in [6.45, 7) is 9.29. The number of benzene rings is 2. The second-order valence-corrected chi connectivity index (χ2v) is 12.2. The van der Waals surface area contributed by atoms with Gasteiger partial charge in [-0.3, -0.25) is 9.36 Å². The Kier molecular flexibility index (Phi) is 9.15. The molecule has 1 saturated heterocycles. The van der Waals surface area contributed by atoms with E-state index in [1.54, 1.807) is 22.6 Å². The van der Waals surface area contributed by atoms with E-state index in [2.05, 4.69) is 11.6 Å². The van der Waals surface area contributed by atoms with Crippen molar-refractivity contribution in [3.8, 4) is 11.1 Å². The Morgan fingerprint density at radius 3 is 2.62 bits per heavy atom. The van der Waals surface area contributed by atoms with Gasteiger partial charge in [-0.05, 0) is 32.1 Å². The maximum absolute atomic E-state index is 15.2. The van der Waals surface area contributed by atoms with E-state index in [1.165, 1.54) is 23.9 Å². The van der Waals surface area contributed by atoms with E-state index in [9.17, 15) is 14.0 Å². The maximum Gasteiger partial charge on any atom is 0.350 e. The van der Waals surface area contributed by atoms with Crippen LogP contribution in [0.25, 0.3) is 22.0 Å². The number of methoxy groups -OCH3 is 1. The molecule has 42 heavy (non-hydrogen) atoms. The molecule has 0 aliphatic carbocycles. The number of ether oxygens (including phenoxy) is 2. The third-order valence-electron chi connectivity index (χ3n) is 7.62. The lowest BCUT2D eigenvalue weighted by Crippen LogP contribution is -2.58. The van der Waals surface area contributed by atoms with Gasteiger partial charge in [-0.1, -0.05) is 29.8 Å². The Balaban J connectivity index is 1.72. The first-order valence-corrected chi connectivity index (χ1v) is 15.1. The lowest BCUT2D eigenvalue weighted by Gasteiger charge is -2.45. The predicted octanol–water partition coefficient (Wildman–Crippen LogP) is 5.57. The standard InChI is InChI=1S/C29H30Cl2F2N4O4S/c1-5-24(38)35-11-16(3)36(12-15(35)2)28-19-9-21(31)25(18-8-20(30)23(33)10-22(18)32)27-26(19)37(29(39)34-28)17(14-42-27)13-41-7-6-40-4/h5,8-10,15-17H,1,6-7,11-14H2,2-4H3/t15-,16+,17+/m1/s1. The molecule has 2 aliphatic heterocycles. The largest absolute Gasteiger partial charge is 0.382 e. The molecule has 3 aromatic rings. The van der Waals surface area contributed by atoms with E-state index < -0.39 is 17.3 Å². The van der Waals surface area contributed by atoms with Crippen molar-refractivity contribution < 1.29 is 23.0 Å². The van der Waals surface area contributed by atoms with Crippen LogP contribution in [0.5, 0.6) is 0 Å². The molecule has 0 radical (unpaired) electrons. The summed E-state index contributed by atoms with van der Waals surface area (Å²) in [5.74, 6) is -1.03. The van der Waals surface area contributed by atoms with Gasteiger partial charge in [0.15, 0.2) is 0 Å². The molecule has 1 aromatic heterocycles. The Labute approximate surface area is 256 Å². The molecule has 3 heterocycles.